The van der Waals surface area contributed by atoms with E-state index in [0.29, 0.717) is 23.8 Å². The summed E-state index contributed by atoms with van der Waals surface area (Å²) in [4.78, 5) is 23.5. The van der Waals surface area contributed by atoms with Gasteiger partial charge in [-0.2, -0.15) is 0 Å². The number of carbonyl (C=O) groups is 1. The first-order chi connectivity index (χ1) is 13.0. The molecule has 0 radical (unpaired) electrons. The normalized spacial score (nSPS) is 15.2. The third-order valence-corrected chi connectivity index (χ3v) is 4.05. The van der Waals surface area contributed by atoms with Gasteiger partial charge in [0.2, 0.25) is 6.23 Å². The van der Waals surface area contributed by atoms with Crippen LogP contribution in [0.4, 0.5) is 11.4 Å². The zero-order valence-electron chi connectivity index (χ0n) is 15.0. The van der Waals surface area contributed by atoms with Crippen molar-refractivity contribution in [3.8, 4) is 17.2 Å². The minimum atomic E-state index is -1.03. The van der Waals surface area contributed by atoms with Crippen LogP contribution in [0.2, 0.25) is 0 Å². The van der Waals surface area contributed by atoms with Gasteiger partial charge in [-0.25, -0.2) is 4.79 Å². The quantitative estimate of drug-likeness (QED) is 0.466. The molecule has 0 fully saturated rings. The average molecular weight is 374 g/mol. The zero-order valence-corrected chi connectivity index (χ0v) is 15.0. The lowest BCUT2D eigenvalue weighted by Crippen LogP contribution is -2.27. The van der Waals surface area contributed by atoms with Crippen LogP contribution in [0.15, 0.2) is 30.3 Å². The number of nitro groups is 1. The maximum atomic E-state index is 12.6. The standard InChI is InChI=1S/C18H18N2O7/c1-4-26-10-5-6-11(13(9-10)20(22)23)17-19-12-7-8-14(24-2)16(25-3)15(12)18(21)27-17/h5-9,17,19H,4H2,1-3H3. The Morgan fingerprint density at radius 1 is 1.22 bits per heavy atom. The van der Waals surface area contributed by atoms with Crippen molar-refractivity contribution in [1.82, 2.24) is 0 Å². The molecule has 3 rings (SSSR count). The Hall–Kier alpha value is -3.49. The van der Waals surface area contributed by atoms with Crippen LogP contribution in [0, 0.1) is 10.1 Å². The van der Waals surface area contributed by atoms with Crippen molar-refractivity contribution < 1.29 is 28.7 Å². The summed E-state index contributed by atoms with van der Waals surface area (Å²) in [6.07, 6.45) is -1.03. The fourth-order valence-electron chi connectivity index (χ4n) is 2.89. The Kier molecular flexibility index (Phi) is 5.02. The molecule has 1 heterocycles. The highest BCUT2D eigenvalue weighted by atomic mass is 16.6. The van der Waals surface area contributed by atoms with Gasteiger partial charge in [0.05, 0.1) is 43.1 Å². The molecular formula is C18H18N2O7. The molecule has 1 aliphatic heterocycles. The third kappa shape index (κ3) is 3.31. The summed E-state index contributed by atoms with van der Waals surface area (Å²) in [7, 11) is 2.87. The summed E-state index contributed by atoms with van der Waals surface area (Å²) in [5, 5.41) is 14.5. The van der Waals surface area contributed by atoms with Gasteiger partial charge in [0.25, 0.3) is 5.69 Å². The van der Waals surface area contributed by atoms with Crippen molar-refractivity contribution >= 4 is 17.3 Å². The Balaban J connectivity index is 2.02. The SMILES string of the molecule is CCOc1ccc(C2Nc3ccc(OC)c(OC)c3C(=O)O2)c([N+](=O)[O-])c1. The second-order valence-electron chi connectivity index (χ2n) is 5.56. The van der Waals surface area contributed by atoms with Crippen molar-refractivity contribution in [2.75, 3.05) is 26.1 Å². The summed E-state index contributed by atoms with van der Waals surface area (Å²) in [6, 6.07) is 7.65. The van der Waals surface area contributed by atoms with Crippen LogP contribution in [0.1, 0.15) is 29.1 Å². The molecule has 1 N–H and O–H groups in total. The Bertz CT molecular complexity index is 898. The molecule has 1 aliphatic rings. The number of rotatable bonds is 6. The van der Waals surface area contributed by atoms with E-state index < -0.39 is 17.1 Å². The van der Waals surface area contributed by atoms with E-state index in [1.807, 2.05) is 0 Å². The van der Waals surface area contributed by atoms with Crippen LogP contribution in [0.3, 0.4) is 0 Å². The number of carbonyl (C=O) groups excluding carboxylic acids is 1. The highest BCUT2D eigenvalue weighted by molar-refractivity contribution is 6.01. The first kappa shape index (κ1) is 18.3. The summed E-state index contributed by atoms with van der Waals surface area (Å²) in [5.41, 5.74) is 0.589. The van der Waals surface area contributed by atoms with E-state index in [2.05, 4.69) is 5.32 Å². The zero-order chi connectivity index (χ0) is 19.6. The van der Waals surface area contributed by atoms with Crippen LogP contribution >= 0.6 is 0 Å². The van der Waals surface area contributed by atoms with Gasteiger partial charge in [0, 0.05) is 0 Å². The molecular weight excluding hydrogens is 356 g/mol. The molecule has 0 aromatic heterocycles. The number of nitrogens with zero attached hydrogens (tertiary/aromatic N) is 1. The average Bonchev–Trinajstić information content (AvgIpc) is 2.67. The molecule has 0 aliphatic carbocycles. The van der Waals surface area contributed by atoms with Crippen LogP contribution in [0.25, 0.3) is 0 Å². The molecule has 0 saturated carbocycles. The number of hydrogen-bond acceptors (Lipinski definition) is 8. The van der Waals surface area contributed by atoms with Gasteiger partial charge in [-0.15, -0.1) is 0 Å². The van der Waals surface area contributed by atoms with E-state index >= 15 is 0 Å². The molecule has 9 heteroatoms. The van der Waals surface area contributed by atoms with Crippen molar-refractivity contribution in [2.24, 2.45) is 0 Å². The first-order valence-corrected chi connectivity index (χ1v) is 8.13. The fraction of sp³-hybridized carbons (Fsp3) is 0.278. The van der Waals surface area contributed by atoms with Gasteiger partial charge in [0.1, 0.15) is 11.3 Å². The number of ether oxygens (including phenoxy) is 4. The lowest BCUT2D eigenvalue weighted by molar-refractivity contribution is -0.386. The number of hydrogen-bond donors (Lipinski definition) is 1. The highest BCUT2D eigenvalue weighted by Gasteiger charge is 2.35. The minimum absolute atomic E-state index is 0.168. The maximum absolute atomic E-state index is 12.6. The minimum Gasteiger partial charge on any atom is -0.494 e. The molecule has 0 bridgehead atoms. The van der Waals surface area contributed by atoms with Gasteiger partial charge in [-0.3, -0.25) is 10.1 Å². The molecule has 2 aromatic carbocycles. The van der Waals surface area contributed by atoms with Crippen molar-refractivity contribution in [3.63, 3.8) is 0 Å². The van der Waals surface area contributed by atoms with Gasteiger partial charge < -0.3 is 24.3 Å². The summed E-state index contributed by atoms with van der Waals surface area (Å²) < 4.78 is 21.2. The number of cyclic esters (lactones) is 1. The summed E-state index contributed by atoms with van der Waals surface area (Å²) >= 11 is 0. The van der Waals surface area contributed by atoms with Crippen LogP contribution in [-0.4, -0.2) is 31.7 Å². The predicted octanol–water partition coefficient (Wildman–Crippen LogP) is 3.29. The van der Waals surface area contributed by atoms with Crippen molar-refractivity contribution in [2.45, 2.75) is 13.2 Å². The van der Waals surface area contributed by atoms with E-state index in [1.54, 1.807) is 25.1 Å². The van der Waals surface area contributed by atoms with Gasteiger partial charge in [-0.05, 0) is 31.2 Å². The molecule has 0 amide bonds. The lowest BCUT2D eigenvalue weighted by Gasteiger charge is -2.28. The molecule has 0 saturated heterocycles. The third-order valence-electron chi connectivity index (χ3n) is 4.05. The Labute approximate surface area is 154 Å². The van der Waals surface area contributed by atoms with E-state index in [1.165, 1.54) is 26.4 Å². The van der Waals surface area contributed by atoms with Gasteiger partial charge in [-0.1, -0.05) is 0 Å². The molecule has 1 atom stereocenters. The number of methoxy groups -OCH3 is 2. The number of fused-ring (bicyclic) bond motifs is 1. The van der Waals surface area contributed by atoms with Crippen molar-refractivity contribution in [1.29, 1.82) is 0 Å². The van der Waals surface area contributed by atoms with E-state index in [-0.39, 0.29) is 22.6 Å². The first-order valence-electron chi connectivity index (χ1n) is 8.13. The van der Waals surface area contributed by atoms with Crippen molar-refractivity contribution in [3.05, 3.63) is 51.6 Å². The predicted molar refractivity (Wildman–Crippen MR) is 95.6 cm³/mol. The van der Waals surface area contributed by atoms with Gasteiger partial charge >= 0.3 is 5.97 Å². The van der Waals surface area contributed by atoms with Crippen LogP contribution in [0.5, 0.6) is 17.2 Å². The Morgan fingerprint density at radius 2 is 2.00 bits per heavy atom. The lowest BCUT2D eigenvalue weighted by atomic mass is 10.1. The number of anilines is 1. The monoisotopic (exact) mass is 374 g/mol. The highest BCUT2D eigenvalue weighted by Crippen LogP contribution is 2.42. The molecule has 142 valence electrons. The number of nitrogens with one attached hydrogen (secondary N) is 1. The molecule has 27 heavy (non-hydrogen) atoms. The fourth-order valence-corrected chi connectivity index (χ4v) is 2.89. The second-order valence-corrected chi connectivity index (χ2v) is 5.56. The van der Waals surface area contributed by atoms with E-state index in [9.17, 15) is 14.9 Å². The maximum Gasteiger partial charge on any atom is 0.346 e. The number of nitro benzene ring substituents is 1. The summed E-state index contributed by atoms with van der Waals surface area (Å²) in [5.74, 6) is 0.294. The number of benzene rings is 2. The largest absolute Gasteiger partial charge is 0.494 e. The van der Waals surface area contributed by atoms with E-state index in [4.69, 9.17) is 18.9 Å². The smallest absolute Gasteiger partial charge is 0.346 e. The molecule has 2 aromatic rings. The molecule has 0 spiro atoms. The summed E-state index contributed by atoms with van der Waals surface area (Å²) in [6.45, 7) is 2.16. The second kappa shape index (κ2) is 7.40. The Morgan fingerprint density at radius 3 is 2.63 bits per heavy atom. The molecule has 9 nitrogen and oxygen atoms in total. The van der Waals surface area contributed by atoms with Crippen LogP contribution < -0.4 is 19.5 Å². The topological polar surface area (TPSA) is 109 Å². The number of esters is 1. The van der Waals surface area contributed by atoms with Gasteiger partial charge in [0.15, 0.2) is 11.5 Å². The molecule has 1 unspecified atom stereocenters. The van der Waals surface area contributed by atoms with Crippen LogP contribution in [-0.2, 0) is 4.74 Å². The van der Waals surface area contributed by atoms with E-state index in [0.717, 1.165) is 0 Å².